The van der Waals surface area contributed by atoms with Gasteiger partial charge in [-0.2, -0.15) is 0 Å². The van der Waals surface area contributed by atoms with Crippen LogP contribution in [0.15, 0.2) is 22.7 Å². The lowest BCUT2D eigenvalue weighted by Gasteiger charge is -2.38. The van der Waals surface area contributed by atoms with Gasteiger partial charge in [-0.3, -0.25) is 0 Å². The van der Waals surface area contributed by atoms with Crippen molar-refractivity contribution in [2.24, 2.45) is 0 Å². The van der Waals surface area contributed by atoms with Crippen molar-refractivity contribution in [2.75, 3.05) is 31.1 Å². The molecule has 1 heterocycles. The quantitative estimate of drug-likeness (QED) is 0.768. The number of aliphatic hydroxyl groups excluding tert-OH is 1. The first-order chi connectivity index (χ1) is 10.1. The van der Waals surface area contributed by atoms with Gasteiger partial charge >= 0.3 is 0 Å². The number of benzene rings is 1. The number of nitrogens with zero attached hydrogens (tertiary/aromatic N) is 1. The summed E-state index contributed by atoms with van der Waals surface area (Å²) in [4.78, 5) is 2.28. The average molecular weight is 357 g/mol. The molecule has 2 N–H and O–H groups in total. The minimum Gasteiger partial charge on any atom is -0.394 e. The van der Waals surface area contributed by atoms with E-state index in [1.165, 1.54) is 11.3 Å². The fourth-order valence-electron chi connectivity index (χ4n) is 2.67. The number of anilines is 1. The molecule has 21 heavy (non-hydrogen) atoms. The summed E-state index contributed by atoms with van der Waals surface area (Å²) >= 11 is 3.68. The summed E-state index contributed by atoms with van der Waals surface area (Å²) in [6.07, 6.45) is 1.17. The molecule has 1 aromatic carbocycles. The van der Waals surface area contributed by atoms with Gasteiger partial charge in [0.2, 0.25) is 0 Å². The molecule has 4 nitrogen and oxygen atoms in total. The fraction of sp³-hybridized carbons (Fsp3) is 0.625. The first-order valence-electron chi connectivity index (χ1n) is 7.64. The highest BCUT2D eigenvalue weighted by molar-refractivity contribution is 9.10. The number of nitrogens with one attached hydrogen (secondary N) is 1. The first kappa shape index (κ1) is 16.7. The molecule has 5 heteroatoms. The molecule has 0 aromatic heterocycles. The zero-order valence-corrected chi connectivity index (χ0v) is 14.4. The van der Waals surface area contributed by atoms with Crippen molar-refractivity contribution in [3.8, 4) is 0 Å². The van der Waals surface area contributed by atoms with Crippen molar-refractivity contribution < 1.29 is 9.84 Å². The van der Waals surface area contributed by atoms with Crippen LogP contribution in [0.2, 0.25) is 0 Å². The third-order valence-corrected chi connectivity index (χ3v) is 4.27. The van der Waals surface area contributed by atoms with Gasteiger partial charge in [0.05, 0.1) is 24.5 Å². The summed E-state index contributed by atoms with van der Waals surface area (Å²) < 4.78 is 6.80. The van der Waals surface area contributed by atoms with Gasteiger partial charge in [0.1, 0.15) is 0 Å². The summed E-state index contributed by atoms with van der Waals surface area (Å²) in [5.41, 5.74) is 2.45. The van der Waals surface area contributed by atoms with Gasteiger partial charge in [0.15, 0.2) is 0 Å². The Bertz CT molecular complexity index is 456. The van der Waals surface area contributed by atoms with Crippen molar-refractivity contribution in [3.05, 3.63) is 28.2 Å². The number of hydrogen-bond acceptors (Lipinski definition) is 4. The molecule has 0 amide bonds. The Morgan fingerprint density at radius 3 is 2.90 bits per heavy atom. The van der Waals surface area contributed by atoms with Gasteiger partial charge in [-0.25, -0.2) is 0 Å². The van der Waals surface area contributed by atoms with E-state index in [0.29, 0.717) is 0 Å². The third kappa shape index (κ3) is 4.68. The maximum atomic E-state index is 9.34. The lowest BCUT2D eigenvalue weighted by Crippen LogP contribution is -2.48. The second-order valence-corrected chi connectivity index (χ2v) is 6.47. The monoisotopic (exact) mass is 356 g/mol. The Morgan fingerprint density at radius 1 is 1.43 bits per heavy atom. The van der Waals surface area contributed by atoms with Crippen LogP contribution in [0.25, 0.3) is 0 Å². The van der Waals surface area contributed by atoms with Gasteiger partial charge in [-0.1, -0.05) is 13.0 Å². The van der Waals surface area contributed by atoms with Gasteiger partial charge in [-0.05, 0) is 53.5 Å². The van der Waals surface area contributed by atoms with E-state index in [1.54, 1.807) is 0 Å². The lowest BCUT2D eigenvalue weighted by atomic mass is 10.1. The number of ether oxygens (including phenoxy) is 1. The highest BCUT2D eigenvalue weighted by atomic mass is 79.9. The smallest absolute Gasteiger partial charge is 0.0984 e. The summed E-state index contributed by atoms with van der Waals surface area (Å²) in [6.45, 7) is 7.80. The number of morpholine rings is 1. The first-order valence-corrected chi connectivity index (χ1v) is 8.43. The zero-order chi connectivity index (χ0) is 15.2. The van der Waals surface area contributed by atoms with E-state index in [4.69, 9.17) is 4.74 Å². The number of aliphatic hydroxyl groups is 1. The molecule has 1 aromatic rings. The molecule has 1 aliphatic heterocycles. The standard InChI is InChI=1S/C16H25BrN2O2/c1-3-6-18-8-13-4-5-16(15(17)7-13)19-9-12(2)21-14(10-19)11-20/h4-5,7,12,14,18,20H,3,6,8-11H2,1-2H3. The van der Waals surface area contributed by atoms with E-state index in [-0.39, 0.29) is 18.8 Å². The molecule has 118 valence electrons. The molecule has 0 radical (unpaired) electrons. The molecule has 0 saturated carbocycles. The number of hydrogen-bond donors (Lipinski definition) is 2. The molecule has 0 aliphatic carbocycles. The molecular formula is C16H25BrN2O2. The van der Waals surface area contributed by atoms with Crippen molar-refractivity contribution >= 4 is 21.6 Å². The van der Waals surface area contributed by atoms with E-state index < -0.39 is 0 Å². The van der Waals surface area contributed by atoms with E-state index in [0.717, 1.165) is 37.1 Å². The van der Waals surface area contributed by atoms with Crippen LogP contribution < -0.4 is 10.2 Å². The topological polar surface area (TPSA) is 44.7 Å². The van der Waals surface area contributed by atoms with Gasteiger partial charge in [-0.15, -0.1) is 0 Å². The van der Waals surface area contributed by atoms with Crippen molar-refractivity contribution in [3.63, 3.8) is 0 Å². The van der Waals surface area contributed by atoms with Gasteiger partial charge < -0.3 is 20.1 Å². The zero-order valence-electron chi connectivity index (χ0n) is 12.8. The predicted molar refractivity (Wildman–Crippen MR) is 89.8 cm³/mol. The molecule has 2 unspecified atom stereocenters. The number of halogens is 1. The van der Waals surface area contributed by atoms with Crippen molar-refractivity contribution in [2.45, 2.75) is 39.0 Å². The maximum absolute atomic E-state index is 9.34. The molecule has 0 bridgehead atoms. The van der Waals surface area contributed by atoms with Crippen LogP contribution in [0.1, 0.15) is 25.8 Å². The largest absolute Gasteiger partial charge is 0.394 e. The molecular weight excluding hydrogens is 332 g/mol. The molecule has 2 atom stereocenters. The van der Waals surface area contributed by atoms with Gasteiger partial charge in [0.25, 0.3) is 0 Å². The van der Waals surface area contributed by atoms with E-state index >= 15 is 0 Å². The summed E-state index contributed by atoms with van der Waals surface area (Å²) in [6, 6.07) is 6.49. The highest BCUT2D eigenvalue weighted by Crippen LogP contribution is 2.29. The van der Waals surface area contributed by atoms with Crippen LogP contribution in [-0.2, 0) is 11.3 Å². The minimum atomic E-state index is -0.105. The van der Waals surface area contributed by atoms with E-state index in [9.17, 15) is 5.11 Å². The van der Waals surface area contributed by atoms with Crippen LogP contribution >= 0.6 is 15.9 Å². The molecule has 1 aliphatic rings. The average Bonchev–Trinajstić information content (AvgIpc) is 2.47. The van der Waals surface area contributed by atoms with E-state index in [1.807, 2.05) is 6.92 Å². The Kier molecular flexibility index (Phi) is 6.48. The Hall–Kier alpha value is -0.620. The fourth-order valence-corrected chi connectivity index (χ4v) is 3.35. The SMILES string of the molecule is CCCNCc1ccc(N2CC(C)OC(CO)C2)c(Br)c1. The van der Waals surface area contributed by atoms with Crippen molar-refractivity contribution in [1.29, 1.82) is 0 Å². The molecule has 1 fully saturated rings. The Balaban J connectivity index is 2.05. The highest BCUT2D eigenvalue weighted by Gasteiger charge is 2.25. The Morgan fingerprint density at radius 2 is 2.24 bits per heavy atom. The summed E-state index contributed by atoms with van der Waals surface area (Å²) in [5, 5.41) is 12.7. The predicted octanol–water partition coefficient (Wildman–Crippen LogP) is 2.53. The second-order valence-electron chi connectivity index (χ2n) is 5.62. The summed E-state index contributed by atoms with van der Waals surface area (Å²) in [5.74, 6) is 0. The lowest BCUT2D eigenvalue weighted by molar-refractivity contribution is -0.0421. The Labute approximate surface area is 135 Å². The van der Waals surface area contributed by atoms with Crippen LogP contribution in [-0.4, -0.2) is 43.6 Å². The van der Waals surface area contributed by atoms with Crippen LogP contribution in [0.3, 0.4) is 0 Å². The minimum absolute atomic E-state index is 0.0669. The van der Waals surface area contributed by atoms with Crippen LogP contribution in [0.4, 0.5) is 5.69 Å². The van der Waals surface area contributed by atoms with Crippen LogP contribution in [0.5, 0.6) is 0 Å². The third-order valence-electron chi connectivity index (χ3n) is 3.64. The van der Waals surface area contributed by atoms with Crippen molar-refractivity contribution in [1.82, 2.24) is 5.32 Å². The number of rotatable bonds is 6. The molecule has 1 saturated heterocycles. The molecule has 0 spiro atoms. The van der Waals surface area contributed by atoms with Gasteiger partial charge in [0, 0.05) is 24.1 Å². The maximum Gasteiger partial charge on any atom is 0.0984 e. The molecule has 2 rings (SSSR count). The van der Waals surface area contributed by atoms with E-state index in [2.05, 4.69) is 51.3 Å². The second kappa shape index (κ2) is 8.13. The normalized spacial score (nSPS) is 22.6. The van der Waals surface area contributed by atoms with Crippen LogP contribution in [0, 0.1) is 0 Å². The summed E-state index contributed by atoms with van der Waals surface area (Å²) in [7, 11) is 0.